The Kier molecular flexibility index (Phi) is 4.62. The van der Waals surface area contributed by atoms with E-state index in [1.807, 2.05) is 4.90 Å². The first-order valence-electron chi connectivity index (χ1n) is 6.57. The van der Waals surface area contributed by atoms with Gasteiger partial charge in [0.05, 0.1) is 6.04 Å². The third kappa shape index (κ3) is 3.29. The maximum absolute atomic E-state index is 12.3. The topological polar surface area (TPSA) is 66.6 Å². The van der Waals surface area contributed by atoms with E-state index in [1.54, 1.807) is 36.1 Å². The number of amides is 2. The zero-order chi connectivity index (χ0) is 14.7. The lowest BCUT2D eigenvalue weighted by Gasteiger charge is -2.37. The summed E-state index contributed by atoms with van der Waals surface area (Å²) in [5, 5.41) is 0.613. The Labute approximate surface area is 123 Å². The van der Waals surface area contributed by atoms with Crippen molar-refractivity contribution in [3.05, 3.63) is 34.9 Å². The van der Waals surface area contributed by atoms with Gasteiger partial charge >= 0.3 is 0 Å². The number of piperazine rings is 1. The highest BCUT2D eigenvalue weighted by Crippen LogP contribution is 2.13. The van der Waals surface area contributed by atoms with Crippen LogP contribution in [0, 0.1) is 0 Å². The minimum Gasteiger partial charge on any atom is -0.368 e. The van der Waals surface area contributed by atoms with Crippen LogP contribution < -0.4 is 5.73 Å². The summed E-state index contributed by atoms with van der Waals surface area (Å²) >= 11 is 5.81. The highest BCUT2D eigenvalue weighted by Gasteiger charge is 2.26. The third-order valence-electron chi connectivity index (χ3n) is 3.65. The van der Waals surface area contributed by atoms with Gasteiger partial charge in [0, 0.05) is 36.8 Å². The Morgan fingerprint density at radius 1 is 1.15 bits per heavy atom. The molecule has 0 aromatic heterocycles. The summed E-state index contributed by atoms with van der Waals surface area (Å²) in [6.45, 7) is 4.30. The normalized spacial score (nSPS) is 17.8. The predicted octanol–water partition coefficient (Wildman–Crippen LogP) is 0.972. The largest absolute Gasteiger partial charge is 0.368 e. The molecule has 2 rings (SSSR count). The van der Waals surface area contributed by atoms with E-state index < -0.39 is 0 Å². The van der Waals surface area contributed by atoms with Crippen molar-refractivity contribution in [1.29, 1.82) is 0 Å². The van der Waals surface area contributed by atoms with Crippen LogP contribution in [-0.2, 0) is 4.79 Å². The molecule has 0 radical (unpaired) electrons. The van der Waals surface area contributed by atoms with Gasteiger partial charge in [-0.2, -0.15) is 0 Å². The maximum Gasteiger partial charge on any atom is 0.253 e. The van der Waals surface area contributed by atoms with Crippen LogP contribution in [0.3, 0.4) is 0 Å². The van der Waals surface area contributed by atoms with Gasteiger partial charge in [0.25, 0.3) is 5.91 Å². The van der Waals surface area contributed by atoms with Crippen molar-refractivity contribution < 1.29 is 9.59 Å². The molecule has 1 heterocycles. The molecule has 1 fully saturated rings. The van der Waals surface area contributed by atoms with Gasteiger partial charge in [-0.25, -0.2) is 0 Å². The highest BCUT2D eigenvalue weighted by molar-refractivity contribution is 6.30. The Morgan fingerprint density at radius 2 is 1.70 bits per heavy atom. The maximum atomic E-state index is 12.3. The summed E-state index contributed by atoms with van der Waals surface area (Å²) in [4.78, 5) is 27.2. The van der Waals surface area contributed by atoms with Crippen molar-refractivity contribution in [2.75, 3.05) is 26.2 Å². The number of hydrogen-bond donors (Lipinski definition) is 1. The lowest BCUT2D eigenvalue weighted by molar-refractivity contribution is -0.123. The molecule has 0 saturated carbocycles. The van der Waals surface area contributed by atoms with E-state index in [1.165, 1.54) is 0 Å². The molecule has 2 amide bonds. The number of nitrogens with zero attached hydrogens (tertiary/aromatic N) is 2. The number of hydrogen-bond acceptors (Lipinski definition) is 3. The number of benzene rings is 1. The monoisotopic (exact) mass is 295 g/mol. The molecule has 1 aromatic rings. The molecule has 1 aliphatic heterocycles. The van der Waals surface area contributed by atoms with E-state index in [9.17, 15) is 9.59 Å². The van der Waals surface area contributed by atoms with Crippen LogP contribution in [0.1, 0.15) is 17.3 Å². The Bertz CT molecular complexity index is 496. The van der Waals surface area contributed by atoms with E-state index in [0.717, 1.165) is 0 Å². The lowest BCUT2D eigenvalue weighted by atomic mass is 10.1. The molecule has 2 N–H and O–H groups in total. The lowest BCUT2D eigenvalue weighted by Crippen LogP contribution is -2.54. The Hall–Kier alpha value is -1.59. The van der Waals surface area contributed by atoms with Crippen molar-refractivity contribution in [3.63, 3.8) is 0 Å². The van der Waals surface area contributed by atoms with Gasteiger partial charge in [0.1, 0.15) is 0 Å². The SMILES string of the molecule is CC(C(N)=O)N1CCN(C(=O)c2ccc(Cl)cc2)CC1. The number of carbonyl (C=O) groups is 2. The van der Waals surface area contributed by atoms with Gasteiger partial charge in [-0.3, -0.25) is 14.5 Å². The molecule has 5 nitrogen and oxygen atoms in total. The van der Waals surface area contributed by atoms with E-state index in [0.29, 0.717) is 36.8 Å². The summed E-state index contributed by atoms with van der Waals surface area (Å²) < 4.78 is 0. The fourth-order valence-corrected chi connectivity index (χ4v) is 2.39. The van der Waals surface area contributed by atoms with E-state index >= 15 is 0 Å². The fraction of sp³-hybridized carbons (Fsp3) is 0.429. The van der Waals surface area contributed by atoms with Gasteiger partial charge in [0.2, 0.25) is 5.91 Å². The van der Waals surface area contributed by atoms with Crippen molar-refractivity contribution in [1.82, 2.24) is 9.80 Å². The highest BCUT2D eigenvalue weighted by atomic mass is 35.5. The number of nitrogens with two attached hydrogens (primary N) is 1. The number of primary amides is 1. The fourth-order valence-electron chi connectivity index (χ4n) is 2.27. The first-order chi connectivity index (χ1) is 9.49. The standard InChI is InChI=1S/C14H18ClN3O2/c1-10(13(16)19)17-6-8-18(9-7-17)14(20)11-2-4-12(15)5-3-11/h2-5,10H,6-9H2,1H3,(H2,16,19). The average molecular weight is 296 g/mol. The second-order valence-corrected chi connectivity index (χ2v) is 5.35. The zero-order valence-electron chi connectivity index (χ0n) is 11.4. The van der Waals surface area contributed by atoms with E-state index in [2.05, 4.69) is 0 Å². The molecule has 20 heavy (non-hydrogen) atoms. The van der Waals surface area contributed by atoms with E-state index in [4.69, 9.17) is 17.3 Å². The van der Waals surface area contributed by atoms with Crippen LogP contribution in [-0.4, -0.2) is 53.8 Å². The number of halogens is 1. The quantitative estimate of drug-likeness (QED) is 0.903. The summed E-state index contributed by atoms with van der Waals surface area (Å²) in [6.07, 6.45) is 0. The van der Waals surface area contributed by atoms with Crippen LogP contribution >= 0.6 is 11.6 Å². The van der Waals surface area contributed by atoms with Gasteiger partial charge < -0.3 is 10.6 Å². The smallest absolute Gasteiger partial charge is 0.253 e. The second-order valence-electron chi connectivity index (χ2n) is 4.91. The number of carbonyl (C=O) groups excluding carboxylic acids is 2. The van der Waals surface area contributed by atoms with Crippen molar-refractivity contribution >= 4 is 23.4 Å². The summed E-state index contributed by atoms with van der Waals surface area (Å²) in [5.41, 5.74) is 5.92. The molecule has 1 atom stereocenters. The summed E-state index contributed by atoms with van der Waals surface area (Å²) in [5.74, 6) is -0.337. The van der Waals surface area contributed by atoms with Gasteiger partial charge in [-0.05, 0) is 31.2 Å². The molecule has 108 valence electrons. The van der Waals surface area contributed by atoms with Crippen LogP contribution in [0.25, 0.3) is 0 Å². The first kappa shape index (κ1) is 14.8. The minimum atomic E-state index is -0.331. The molecule has 1 aromatic carbocycles. The minimum absolute atomic E-state index is 0.00644. The summed E-state index contributed by atoms with van der Waals surface area (Å²) in [6, 6.07) is 6.58. The molecular formula is C14H18ClN3O2. The second kappa shape index (κ2) is 6.24. The molecule has 0 spiro atoms. The summed E-state index contributed by atoms with van der Waals surface area (Å²) in [7, 11) is 0. The van der Waals surface area contributed by atoms with Crippen LogP contribution in [0.2, 0.25) is 5.02 Å². The van der Waals surface area contributed by atoms with Crippen LogP contribution in [0.4, 0.5) is 0 Å². The van der Waals surface area contributed by atoms with Crippen molar-refractivity contribution in [2.24, 2.45) is 5.73 Å². The molecule has 6 heteroatoms. The molecule has 1 aliphatic rings. The molecular weight excluding hydrogens is 278 g/mol. The van der Waals surface area contributed by atoms with Crippen LogP contribution in [0.15, 0.2) is 24.3 Å². The Morgan fingerprint density at radius 3 is 2.20 bits per heavy atom. The van der Waals surface area contributed by atoms with Crippen molar-refractivity contribution in [3.8, 4) is 0 Å². The van der Waals surface area contributed by atoms with E-state index in [-0.39, 0.29) is 17.9 Å². The molecule has 1 unspecified atom stereocenters. The predicted molar refractivity (Wildman–Crippen MR) is 77.6 cm³/mol. The Balaban J connectivity index is 1.95. The molecule has 0 bridgehead atoms. The van der Waals surface area contributed by atoms with Crippen molar-refractivity contribution in [2.45, 2.75) is 13.0 Å². The molecule has 0 aliphatic carbocycles. The third-order valence-corrected chi connectivity index (χ3v) is 3.90. The van der Waals surface area contributed by atoms with Gasteiger partial charge in [-0.1, -0.05) is 11.6 Å². The zero-order valence-corrected chi connectivity index (χ0v) is 12.1. The number of rotatable bonds is 3. The van der Waals surface area contributed by atoms with Gasteiger partial charge in [0.15, 0.2) is 0 Å². The van der Waals surface area contributed by atoms with Gasteiger partial charge in [-0.15, -0.1) is 0 Å². The molecule has 1 saturated heterocycles. The first-order valence-corrected chi connectivity index (χ1v) is 6.95. The average Bonchev–Trinajstić information content (AvgIpc) is 2.46. The van der Waals surface area contributed by atoms with Crippen LogP contribution in [0.5, 0.6) is 0 Å².